The Balaban J connectivity index is 1.66. The molecule has 30 heavy (non-hydrogen) atoms. The highest BCUT2D eigenvalue weighted by atomic mass is 32.1. The predicted molar refractivity (Wildman–Crippen MR) is 138 cm³/mol. The van der Waals surface area contributed by atoms with E-state index in [0.717, 1.165) is 0 Å². The van der Waals surface area contributed by atoms with Crippen molar-refractivity contribution in [2.24, 2.45) is 0 Å². The molecular weight excluding hydrogens is 404 g/mol. The maximum Gasteiger partial charge on any atom is 0.0915 e. The van der Waals surface area contributed by atoms with Crippen LogP contribution in [0, 0.1) is 0 Å². The molecule has 0 bridgehead atoms. The second-order valence-corrected chi connectivity index (χ2v) is 10.5. The van der Waals surface area contributed by atoms with E-state index in [2.05, 4.69) is 98.7 Å². The molecule has 0 atom stereocenters. The first-order valence-electron chi connectivity index (χ1n) is 10.1. The summed E-state index contributed by atoms with van der Waals surface area (Å²) in [6, 6.07) is 23.2. The molecule has 0 aliphatic heterocycles. The molecule has 2 heterocycles. The molecule has 4 aromatic carbocycles. The van der Waals surface area contributed by atoms with E-state index >= 15 is 0 Å². The van der Waals surface area contributed by atoms with Crippen LogP contribution >= 0.6 is 22.7 Å². The van der Waals surface area contributed by atoms with Gasteiger partial charge < -0.3 is 9.80 Å². The normalized spacial score (nSPS) is 12.0. The van der Waals surface area contributed by atoms with Gasteiger partial charge in [0.05, 0.1) is 10.0 Å². The largest absolute Gasteiger partial charge is 0.370 e. The minimum absolute atomic E-state index is 1.30. The molecule has 0 N–H and O–H groups in total. The second-order valence-electron chi connectivity index (χ2n) is 8.41. The van der Waals surface area contributed by atoms with E-state index in [1.54, 1.807) is 0 Å². The van der Waals surface area contributed by atoms with Crippen LogP contribution in [0.25, 0.3) is 52.5 Å². The molecule has 4 heteroatoms. The van der Waals surface area contributed by atoms with Crippen LogP contribution in [0.15, 0.2) is 60.7 Å². The van der Waals surface area contributed by atoms with Crippen LogP contribution < -0.4 is 9.80 Å². The summed E-state index contributed by atoms with van der Waals surface area (Å²) in [6.45, 7) is 0. The molecule has 0 saturated carbocycles. The van der Waals surface area contributed by atoms with Gasteiger partial charge in [0.2, 0.25) is 0 Å². The Morgan fingerprint density at radius 2 is 0.900 bits per heavy atom. The van der Waals surface area contributed by atoms with Crippen molar-refractivity contribution in [1.82, 2.24) is 0 Å². The number of thiophene rings is 2. The quantitative estimate of drug-likeness (QED) is 0.262. The third-order valence-corrected chi connectivity index (χ3v) is 8.49. The third kappa shape index (κ3) is 2.60. The molecule has 2 nitrogen and oxygen atoms in total. The van der Waals surface area contributed by atoms with Crippen molar-refractivity contribution in [3.05, 3.63) is 60.7 Å². The summed E-state index contributed by atoms with van der Waals surface area (Å²) in [5.74, 6) is 0. The van der Waals surface area contributed by atoms with Crippen LogP contribution in [0.4, 0.5) is 10.0 Å². The molecule has 6 rings (SSSR count). The lowest BCUT2D eigenvalue weighted by atomic mass is 9.96. The van der Waals surface area contributed by atoms with Gasteiger partial charge in [0.1, 0.15) is 0 Å². The van der Waals surface area contributed by atoms with Crippen molar-refractivity contribution in [2.45, 2.75) is 0 Å². The average molecular weight is 427 g/mol. The van der Waals surface area contributed by atoms with Gasteiger partial charge in [-0.05, 0) is 79.5 Å². The lowest BCUT2D eigenvalue weighted by Gasteiger charge is -2.08. The standard InChI is InChI=1S/C26H22N2S2/c1-27(2)25-13-17-9-21-15(11-23(17)29-25)5-7-20-19(21)8-6-16-12-24-18(10-22(16)20)14-26(30-24)28(3)4/h5-14H,1-4H3. The highest BCUT2D eigenvalue weighted by molar-refractivity contribution is 7.23. The summed E-state index contributed by atoms with van der Waals surface area (Å²) < 4.78 is 2.70. The van der Waals surface area contributed by atoms with Crippen LogP contribution in [0.1, 0.15) is 0 Å². The molecule has 6 aromatic rings. The van der Waals surface area contributed by atoms with Crippen LogP contribution in [0.5, 0.6) is 0 Å². The van der Waals surface area contributed by atoms with E-state index in [1.807, 2.05) is 22.7 Å². The number of benzene rings is 4. The molecular formula is C26H22N2S2. The molecule has 0 aliphatic rings. The first-order valence-corrected chi connectivity index (χ1v) is 11.7. The summed E-state index contributed by atoms with van der Waals surface area (Å²) in [5.41, 5.74) is 0. The first kappa shape index (κ1) is 18.0. The van der Waals surface area contributed by atoms with Gasteiger partial charge in [-0.2, -0.15) is 0 Å². The van der Waals surface area contributed by atoms with Gasteiger partial charge >= 0.3 is 0 Å². The van der Waals surface area contributed by atoms with Gasteiger partial charge in [-0.3, -0.25) is 0 Å². The van der Waals surface area contributed by atoms with Gasteiger partial charge in [0.15, 0.2) is 0 Å². The van der Waals surface area contributed by atoms with Crippen LogP contribution in [-0.2, 0) is 0 Å². The first-order chi connectivity index (χ1) is 14.5. The average Bonchev–Trinajstić information content (AvgIpc) is 3.33. The molecule has 148 valence electrons. The Bertz CT molecular complexity index is 1480. The van der Waals surface area contributed by atoms with Crippen molar-refractivity contribution in [3.63, 3.8) is 0 Å². The SMILES string of the molecule is CN(C)c1cc2cc3c(ccc4c5cc6cc(N(C)C)sc6cc5ccc34)cc2s1. The fourth-order valence-corrected chi connectivity index (χ4v) is 6.39. The van der Waals surface area contributed by atoms with Crippen molar-refractivity contribution < 1.29 is 0 Å². The Kier molecular flexibility index (Phi) is 3.80. The van der Waals surface area contributed by atoms with E-state index in [1.165, 1.54) is 62.5 Å². The lowest BCUT2D eigenvalue weighted by molar-refractivity contribution is 1.16. The Morgan fingerprint density at radius 3 is 1.30 bits per heavy atom. The van der Waals surface area contributed by atoms with Gasteiger partial charge in [-0.1, -0.05) is 24.3 Å². The summed E-state index contributed by atoms with van der Waals surface area (Å²) >= 11 is 3.71. The molecule has 0 radical (unpaired) electrons. The van der Waals surface area contributed by atoms with Gasteiger partial charge in [0.25, 0.3) is 0 Å². The van der Waals surface area contributed by atoms with E-state index < -0.39 is 0 Å². The van der Waals surface area contributed by atoms with Gasteiger partial charge in [-0.15, -0.1) is 22.7 Å². The zero-order chi connectivity index (χ0) is 20.6. The Labute approximate surface area is 183 Å². The number of hydrogen-bond donors (Lipinski definition) is 0. The van der Waals surface area contributed by atoms with Crippen molar-refractivity contribution in [1.29, 1.82) is 0 Å². The van der Waals surface area contributed by atoms with Crippen molar-refractivity contribution >= 4 is 85.2 Å². The number of nitrogens with zero attached hydrogens (tertiary/aromatic N) is 2. The number of fused-ring (bicyclic) bond motifs is 7. The summed E-state index contributed by atoms with van der Waals surface area (Å²) in [5, 5.41) is 13.2. The van der Waals surface area contributed by atoms with E-state index in [4.69, 9.17) is 0 Å². The summed E-state index contributed by atoms with van der Waals surface area (Å²) in [4.78, 5) is 4.38. The van der Waals surface area contributed by atoms with Crippen LogP contribution in [0.2, 0.25) is 0 Å². The smallest absolute Gasteiger partial charge is 0.0915 e. The highest BCUT2D eigenvalue weighted by Crippen LogP contribution is 2.40. The summed E-state index contributed by atoms with van der Waals surface area (Å²) in [7, 11) is 8.44. The molecule has 0 saturated heterocycles. The van der Waals surface area contributed by atoms with Crippen molar-refractivity contribution in [3.8, 4) is 0 Å². The number of hydrogen-bond acceptors (Lipinski definition) is 4. The maximum atomic E-state index is 2.37. The van der Waals surface area contributed by atoms with Gasteiger partial charge in [-0.25, -0.2) is 0 Å². The van der Waals surface area contributed by atoms with Gasteiger partial charge in [0, 0.05) is 37.6 Å². The number of anilines is 2. The van der Waals surface area contributed by atoms with E-state index in [-0.39, 0.29) is 0 Å². The lowest BCUT2D eigenvalue weighted by Crippen LogP contribution is -2.05. The number of rotatable bonds is 2. The Hall–Kier alpha value is -2.82. The minimum Gasteiger partial charge on any atom is -0.370 e. The maximum absolute atomic E-state index is 2.37. The molecule has 0 amide bonds. The van der Waals surface area contributed by atoms with Crippen LogP contribution in [-0.4, -0.2) is 28.2 Å². The minimum atomic E-state index is 1.30. The molecule has 0 fully saturated rings. The highest BCUT2D eigenvalue weighted by Gasteiger charge is 2.11. The van der Waals surface area contributed by atoms with Crippen LogP contribution in [0.3, 0.4) is 0 Å². The zero-order valence-corrected chi connectivity index (χ0v) is 19.1. The molecule has 0 unspecified atom stereocenters. The molecule has 0 spiro atoms. The van der Waals surface area contributed by atoms with Crippen molar-refractivity contribution in [2.75, 3.05) is 38.0 Å². The third-order valence-electron chi connectivity index (χ3n) is 5.96. The molecule has 2 aromatic heterocycles. The van der Waals surface area contributed by atoms with E-state index in [0.29, 0.717) is 0 Å². The zero-order valence-electron chi connectivity index (χ0n) is 17.5. The fourth-order valence-electron chi connectivity index (χ4n) is 4.36. The monoisotopic (exact) mass is 426 g/mol. The topological polar surface area (TPSA) is 6.48 Å². The van der Waals surface area contributed by atoms with E-state index in [9.17, 15) is 0 Å². The fraction of sp³-hybridized carbons (Fsp3) is 0.154. The molecule has 0 aliphatic carbocycles. The predicted octanol–water partition coefficient (Wildman–Crippen LogP) is 7.71. The second kappa shape index (κ2) is 6.34. The summed E-state index contributed by atoms with van der Waals surface area (Å²) in [6.07, 6.45) is 0. The Morgan fingerprint density at radius 1 is 0.467 bits per heavy atom.